The molecule has 0 aliphatic rings. The third-order valence-electron chi connectivity index (χ3n) is 2.11. The van der Waals surface area contributed by atoms with Crippen molar-refractivity contribution in [3.05, 3.63) is 29.8 Å². The molecule has 0 bridgehead atoms. The lowest BCUT2D eigenvalue weighted by Gasteiger charge is -2.10. The van der Waals surface area contributed by atoms with Crippen LogP contribution in [0.5, 0.6) is 5.75 Å². The normalized spacial score (nSPS) is 10.8. The first-order chi connectivity index (χ1) is 8.03. The molecule has 0 radical (unpaired) electrons. The van der Waals surface area contributed by atoms with Crippen LogP contribution >= 0.6 is 0 Å². The van der Waals surface area contributed by atoms with Gasteiger partial charge in [0.05, 0.1) is 12.4 Å². The molecule has 0 N–H and O–H groups in total. The van der Waals surface area contributed by atoms with Gasteiger partial charge in [-0.1, -0.05) is 18.2 Å². The SMILES string of the molecule is C#CCCCOc1ccccc1CS(C)(=O)=O. The number of ether oxygens (including phenoxy) is 1. The zero-order valence-electron chi connectivity index (χ0n) is 9.85. The fourth-order valence-corrected chi connectivity index (χ4v) is 2.21. The standard InChI is InChI=1S/C13H16O3S/c1-3-4-7-10-16-13-9-6-5-8-12(13)11-17(2,14)15/h1,5-6,8-9H,4,7,10-11H2,2H3. The van der Waals surface area contributed by atoms with Crippen LogP contribution in [0, 0.1) is 12.3 Å². The molecule has 0 fully saturated rings. The molecule has 92 valence electrons. The van der Waals surface area contributed by atoms with Crippen LogP contribution in [-0.4, -0.2) is 21.3 Å². The molecule has 0 spiro atoms. The van der Waals surface area contributed by atoms with Crippen LogP contribution < -0.4 is 4.74 Å². The van der Waals surface area contributed by atoms with Gasteiger partial charge in [-0.15, -0.1) is 12.3 Å². The maximum Gasteiger partial charge on any atom is 0.151 e. The Morgan fingerprint density at radius 2 is 2.06 bits per heavy atom. The summed E-state index contributed by atoms with van der Waals surface area (Å²) in [6.45, 7) is 0.505. The van der Waals surface area contributed by atoms with Gasteiger partial charge in [-0.2, -0.15) is 0 Å². The Bertz CT molecular complexity index is 498. The molecule has 17 heavy (non-hydrogen) atoms. The van der Waals surface area contributed by atoms with Crippen molar-refractivity contribution in [2.75, 3.05) is 12.9 Å². The van der Waals surface area contributed by atoms with Gasteiger partial charge < -0.3 is 4.74 Å². The summed E-state index contributed by atoms with van der Waals surface area (Å²) in [5.41, 5.74) is 0.690. The molecule has 1 aromatic rings. The molecule has 1 rings (SSSR count). The van der Waals surface area contributed by atoms with Crippen molar-refractivity contribution in [1.82, 2.24) is 0 Å². The Hall–Kier alpha value is -1.47. The van der Waals surface area contributed by atoms with Crippen LogP contribution in [0.15, 0.2) is 24.3 Å². The first-order valence-corrected chi connectivity index (χ1v) is 7.41. The molecule has 0 amide bonds. The average Bonchev–Trinajstić information content (AvgIpc) is 2.24. The van der Waals surface area contributed by atoms with E-state index in [1.165, 1.54) is 6.26 Å². The van der Waals surface area contributed by atoms with Gasteiger partial charge in [-0.3, -0.25) is 0 Å². The number of hydrogen-bond acceptors (Lipinski definition) is 3. The van der Waals surface area contributed by atoms with Crippen molar-refractivity contribution in [2.24, 2.45) is 0 Å². The second-order valence-electron chi connectivity index (χ2n) is 3.83. The highest BCUT2D eigenvalue weighted by molar-refractivity contribution is 7.89. The second kappa shape index (κ2) is 6.31. The van der Waals surface area contributed by atoms with Crippen molar-refractivity contribution in [1.29, 1.82) is 0 Å². The van der Waals surface area contributed by atoms with E-state index in [4.69, 9.17) is 11.2 Å². The summed E-state index contributed by atoms with van der Waals surface area (Å²) in [5, 5.41) is 0. The minimum Gasteiger partial charge on any atom is -0.493 e. The quantitative estimate of drug-likeness (QED) is 0.574. The Morgan fingerprint density at radius 3 is 2.71 bits per heavy atom. The van der Waals surface area contributed by atoms with Crippen molar-refractivity contribution in [2.45, 2.75) is 18.6 Å². The Balaban J connectivity index is 2.68. The smallest absolute Gasteiger partial charge is 0.151 e. The van der Waals surface area contributed by atoms with E-state index in [2.05, 4.69) is 5.92 Å². The zero-order chi connectivity index (χ0) is 12.7. The van der Waals surface area contributed by atoms with Gasteiger partial charge in [-0.25, -0.2) is 8.42 Å². The van der Waals surface area contributed by atoms with Gasteiger partial charge >= 0.3 is 0 Å². The van der Waals surface area contributed by atoms with E-state index in [1.807, 2.05) is 6.07 Å². The number of unbranched alkanes of at least 4 members (excludes halogenated alkanes) is 1. The van der Waals surface area contributed by atoms with E-state index < -0.39 is 9.84 Å². The number of rotatable bonds is 6. The van der Waals surface area contributed by atoms with E-state index in [1.54, 1.807) is 18.2 Å². The van der Waals surface area contributed by atoms with Gasteiger partial charge in [0, 0.05) is 18.2 Å². The molecule has 0 saturated carbocycles. The topological polar surface area (TPSA) is 43.4 Å². The van der Waals surface area contributed by atoms with Crippen LogP contribution in [0.1, 0.15) is 18.4 Å². The zero-order valence-corrected chi connectivity index (χ0v) is 10.7. The molecule has 0 atom stereocenters. The van der Waals surface area contributed by atoms with Gasteiger partial charge in [0.1, 0.15) is 5.75 Å². The molecule has 0 aliphatic carbocycles. The van der Waals surface area contributed by atoms with Gasteiger partial charge in [0.25, 0.3) is 0 Å². The molecule has 0 heterocycles. The lowest BCUT2D eigenvalue weighted by atomic mass is 10.2. The van der Waals surface area contributed by atoms with E-state index in [-0.39, 0.29) is 5.75 Å². The summed E-state index contributed by atoms with van der Waals surface area (Å²) >= 11 is 0. The minimum absolute atomic E-state index is 0.00167. The predicted octanol–water partition coefficient (Wildman–Crippen LogP) is 2.02. The van der Waals surface area contributed by atoms with Crippen LogP contribution in [0.25, 0.3) is 0 Å². The second-order valence-corrected chi connectivity index (χ2v) is 5.97. The molecule has 1 aromatic carbocycles. The number of benzene rings is 1. The Morgan fingerprint density at radius 1 is 1.35 bits per heavy atom. The monoisotopic (exact) mass is 252 g/mol. The highest BCUT2D eigenvalue weighted by Crippen LogP contribution is 2.20. The van der Waals surface area contributed by atoms with Gasteiger partial charge in [0.2, 0.25) is 0 Å². The number of hydrogen-bond donors (Lipinski definition) is 0. The average molecular weight is 252 g/mol. The maximum atomic E-state index is 11.2. The summed E-state index contributed by atoms with van der Waals surface area (Å²) in [4.78, 5) is 0. The fraction of sp³-hybridized carbons (Fsp3) is 0.385. The van der Waals surface area contributed by atoms with Crippen LogP contribution in [0.3, 0.4) is 0 Å². The lowest BCUT2D eigenvalue weighted by molar-refractivity contribution is 0.310. The molecule has 0 aromatic heterocycles. The number of sulfone groups is 1. The van der Waals surface area contributed by atoms with Crippen LogP contribution in [0.4, 0.5) is 0 Å². The highest BCUT2D eigenvalue weighted by Gasteiger charge is 2.09. The highest BCUT2D eigenvalue weighted by atomic mass is 32.2. The fourth-order valence-electron chi connectivity index (χ4n) is 1.40. The third kappa shape index (κ3) is 5.41. The summed E-state index contributed by atoms with van der Waals surface area (Å²) in [6, 6.07) is 7.16. The van der Waals surface area contributed by atoms with E-state index in [0.717, 1.165) is 6.42 Å². The van der Waals surface area contributed by atoms with Crippen molar-refractivity contribution < 1.29 is 13.2 Å². The minimum atomic E-state index is -3.05. The molecule has 0 saturated heterocycles. The predicted molar refractivity (Wildman–Crippen MR) is 68.6 cm³/mol. The maximum absolute atomic E-state index is 11.2. The molecule has 3 nitrogen and oxygen atoms in total. The van der Waals surface area contributed by atoms with Crippen molar-refractivity contribution in [3.63, 3.8) is 0 Å². The molecule has 0 aliphatic heterocycles. The Labute approximate surface area is 103 Å². The molecule has 4 heteroatoms. The molecular weight excluding hydrogens is 236 g/mol. The summed E-state index contributed by atoms with van der Waals surface area (Å²) in [6.07, 6.45) is 7.78. The first kappa shape index (κ1) is 13.6. The first-order valence-electron chi connectivity index (χ1n) is 5.35. The Kier molecular flexibility index (Phi) is 5.05. The molecular formula is C13H16O3S. The van der Waals surface area contributed by atoms with Gasteiger partial charge in [0.15, 0.2) is 9.84 Å². The number of terminal acetylenes is 1. The van der Waals surface area contributed by atoms with E-state index in [9.17, 15) is 8.42 Å². The van der Waals surface area contributed by atoms with Crippen molar-refractivity contribution >= 4 is 9.84 Å². The lowest BCUT2D eigenvalue weighted by Crippen LogP contribution is -2.05. The van der Waals surface area contributed by atoms with Crippen LogP contribution in [-0.2, 0) is 15.6 Å². The molecule has 0 unspecified atom stereocenters. The van der Waals surface area contributed by atoms with Crippen molar-refractivity contribution in [3.8, 4) is 18.1 Å². The summed E-state index contributed by atoms with van der Waals surface area (Å²) in [5.74, 6) is 3.15. The summed E-state index contributed by atoms with van der Waals surface area (Å²) < 4.78 is 28.0. The van der Waals surface area contributed by atoms with Crippen LogP contribution in [0.2, 0.25) is 0 Å². The van der Waals surface area contributed by atoms with Gasteiger partial charge in [-0.05, 0) is 12.5 Å². The number of para-hydroxylation sites is 1. The summed E-state index contributed by atoms with van der Waals surface area (Å²) in [7, 11) is -3.05. The van der Waals surface area contributed by atoms with E-state index in [0.29, 0.717) is 24.3 Å². The van der Waals surface area contributed by atoms with E-state index >= 15 is 0 Å². The third-order valence-corrected chi connectivity index (χ3v) is 2.95. The largest absolute Gasteiger partial charge is 0.493 e.